The summed E-state index contributed by atoms with van der Waals surface area (Å²) in [5, 5.41) is 6.50. The predicted octanol–water partition coefficient (Wildman–Crippen LogP) is 2.33. The molecular weight excluding hydrogens is 241 g/mol. The van der Waals surface area contributed by atoms with Crippen LogP contribution < -0.4 is 10.6 Å². The summed E-state index contributed by atoms with van der Waals surface area (Å²) < 4.78 is 37.7. The lowest BCUT2D eigenvalue weighted by Crippen LogP contribution is -2.43. The molecule has 0 aromatic heterocycles. The number of rotatable bonds is 3. The predicted molar refractivity (Wildman–Crippen MR) is 64.3 cm³/mol. The highest BCUT2D eigenvalue weighted by Gasteiger charge is 2.31. The summed E-state index contributed by atoms with van der Waals surface area (Å²) >= 11 is 0. The van der Waals surface area contributed by atoms with E-state index in [1.807, 2.05) is 6.92 Å². The van der Waals surface area contributed by atoms with Crippen LogP contribution in [0.3, 0.4) is 0 Å². The van der Waals surface area contributed by atoms with E-state index in [0.717, 1.165) is 30.6 Å². The zero-order valence-corrected chi connectivity index (χ0v) is 10.3. The van der Waals surface area contributed by atoms with E-state index in [0.29, 0.717) is 12.6 Å². The third-order valence-corrected chi connectivity index (χ3v) is 3.22. The first-order chi connectivity index (χ1) is 8.50. The van der Waals surface area contributed by atoms with Crippen LogP contribution in [-0.4, -0.2) is 19.1 Å². The van der Waals surface area contributed by atoms with Crippen molar-refractivity contribution in [2.75, 3.05) is 13.1 Å². The lowest BCUT2D eigenvalue weighted by Gasteiger charge is -2.27. The van der Waals surface area contributed by atoms with Gasteiger partial charge >= 0.3 is 6.18 Å². The molecule has 1 heterocycles. The van der Waals surface area contributed by atoms with Crippen LogP contribution >= 0.6 is 0 Å². The minimum Gasteiger partial charge on any atom is -0.315 e. The summed E-state index contributed by atoms with van der Waals surface area (Å²) in [5.41, 5.74) is 1.22. The number of alkyl halides is 3. The number of hydrogen-bond acceptors (Lipinski definition) is 2. The van der Waals surface area contributed by atoms with Gasteiger partial charge in [-0.25, -0.2) is 0 Å². The largest absolute Gasteiger partial charge is 0.416 e. The molecule has 5 heteroatoms. The fourth-order valence-electron chi connectivity index (χ4n) is 2.22. The average Bonchev–Trinajstić information content (AvgIpc) is 2.34. The van der Waals surface area contributed by atoms with Gasteiger partial charge in [-0.1, -0.05) is 13.0 Å². The van der Waals surface area contributed by atoms with Gasteiger partial charge in [0.2, 0.25) is 0 Å². The molecular formula is C13H17F3N2. The first-order valence-corrected chi connectivity index (χ1v) is 6.14. The molecule has 1 aromatic rings. The van der Waals surface area contributed by atoms with Crippen molar-refractivity contribution < 1.29 is 13.2 Å². The molecule has 0 spiro atoms. The zero-order valence-electron chi connectivity index (χ0n) is 10.3. The molecule has 100 valence electrons. The van der Waals surface area contributed by atoms with Gasteiger partial charge in [0.15, 0.2) is 0 Å². The standard InChI is InChI=1S/C13H17F3N2/c1-2-17-8-12-6-9-3-4-11(13(14,15)16)5-10(9)7-18-12/h3-5,12,17-18H,2,6-8H2,1H3. The van der Waals surface area contributed by atoms with Crippen molar-refractivity contribution in [2.24, 2.45) is 0 Å². The number of hydrogen-bond donors (Lipinski definition) is 2. The van der Waals surface area contributed by atoms with Crippen molar-refractivity contribution in [3.8, 4) is 0 Å². The summed E-state index contributed by atoms with van der Waals surface area (Å²) in [4.78, 5) is 0. The van der Waals surface area contributed by atoms with Gasteiger partial charge in [-0.2, -0.15) is 13.2 Å². The minimum absolute atomic E-state index is 0.300. The summed E-state index contributed by atoms with van der Waals surface area (Å²) in [7, 11) is 0. The maximum atomic E-state index is 12.6. The van der Waals surface area contributed by atoms with Crippen molar-refractivity contribution in [2.45, 2.75) is 32.1 Å². The molecule has 0 bridgehead atoms. The smallest absolute Gasteiger partial charge is 0.315 e. The SMILES string of the molecule is CCNCC1Cc2ccc(C(F)(F)F)cc2CN1. The molecule has 0 saturated carbocycles. The maximum absolute atomic E-state index is 12.6. The van der Waals surface area contributed by atoms with Gasteiger partial charge in [0.1, 0.15) is 0 Å². The van der Waals surface area contributed by atoms with Crippen molar-refractivity contribution >= 4 is 0 Å². The second-order valence-electron chi connectivity index (χ2n) is 4.57. The van der Waals surface area contributed by atoms with Crippen LogP contribution in [0.2, 0.25) is 0 Å². The number of fused-ring (bicyclic) bond motifs is 1. The highest BCUT2D eigenvalue weighted by molar-refractivity contribution is 5.35. The molecule has 0 fully saturated rings. The van der Waals surface area contributed by atoms with E-state index in [1.165, 1.54) is 12.1 Å². The Labute approximate surface area is 105 Å². The van der Waals surface area contributed by atoms with E-state index in [9.17, 15) is 13.2 Å². The molecule has 1 atom stereocenters. The molecule has 0 aliphatic carbocycles. The molecule has 0 saturated heterocycles. The Morgan fingerprint density at radius 3 is 2.78 bits per heavy atom. The zero-order chi connectivity index (χ0) is 13.2. The Morgan fingerprint density at radius 2 is 2.11 bits per heavy atom. The molecule has 2 nitrogen and oxygen atoms in total. The summed E-state index contributed by atoms with van der Waals surface area (Å²) in [6.45, 7) is 4.29. The summed E-state index contributed by atoms with van der Waals surface area (Å²) in [5.74, 6) is 0. The minimum atomic E-state index is -4.25. The van der Waals surface area contributed by atoms with E-state index in [4.69, 9.17) is 0 Å². The topological polar surface area (TPSA) is 24.1 Å². The van der Waals surface area contributed by atoms with Gasteiger partial charge in [-0.3, -0.25) is 0 Å². The lowest BCUT2D eigenvalue weighted by molar-refractivity contribution is -0.137. The average molecular weight is 258 g/mol. The van der Waals surface area contributed by atoms with Crippen LogP contribution in [0.1, 0.15) is 23.6 Å². The van der Waals surface area contributed by atoms with Crippen molar-refractivity contribution in [1.82, 2.24) is 10.6 Å². The Kier molecular flexibility index (Phi) is 3.92. The third-order valence-electron chi connectivity index (χ3n) is 3.22. The Bertz CT molecular complexity index is 415. The fraction of sp³-hybridized carbons (Fsp3) is 0.538. The van der Waals surface area contributed by atoms with Crippen molar-refractivity contribution in [3.05, 3.63) is 34.9 Å². The van der Waals surface area contributed by atoms with E-state index in [2.05, 4.69) is 10.6 Å². The molecule has 0 radical (unpaired) electrons. The molecule has 2 rings (SSSR count). The molecule has 1 aliphatic heterocycles. The van der Waals surface area contributed by atoms with E-state index >= 15 is 0 Å². The van der Waals surface area contributed by atoms with Crippen LogP contribution in [0.4, 0.5) is 13.2 Å². The van der Waals surface area contributed by atoms with Gasteiger partial charge in [0.25, 0.3) is 0 Å². The molecule has 1 aromatic carbocycles. The Hall–Kier alpha value is -1.07. The van der Waals surface area contributed by atoms with Crippen LogP contribution in [0.5, 0.6) is 0 Å². The van der Waals surface area contributed by atoms with Crippen LogP contribution in [0.25, 0.3) is 0 Å². The molecule has 1 unspecified atom stereocenters. The normalized spacial score (nSPS) is 19.7. The molecule has 2 N–H and O–H groups in total. The highest BCUT2D eigenvalue weighted by atomic mass is 19.4. The number of halogens is 3. The third kappa shape index (κ3) is 3.03. The van der Waals surface area contributed by atoms with Crippen molar-refractivity contribution in [3.63, 3.8) is 0 Å². The molecule has 18 heavy (non-hydrogen) atoms. The van der Waals surface area contributed by atoms with Gasteiger partial charge in [0, 0.05) is 19.1 Å². The Morgan fingerprint density at radius 1 is 1.33 bits per heavy atom. The van der Waals surface area contributed by atoms with Gasteiger partial charge in [0.05, 0.1) is 5.56 Å². The molecule has 0 amide bonds. The number of benzene rings is 1. The van der Waals surface area contributed by atoms with Crippen LogP contribution in [0.15, 0.2) is 18.2 Å². The summed E-state index contributed by atoms with van der Waals surface area (Å²) in [6.07, 6.45) is -3.48. The van der Waals surface area contributed by atoms with E-state index < -0.39 is 11.7 Å². The Balaban J connectivity index is 2.11. The van der Waals surface area contributed by atoms with Gasteiger partial charge in [-0.15, -0.1) is 0 Å². The van der Waals surface area contributed by atoms with Crippen molar-refractivity contribution in [1.29, 1.82) is 0 Å². The lowest BCUT2D eigenvalue weighted by atomic mass is 9.94. The highest BCUT2D eigenvalue weighted by Crippen LogP contribution is 2.31. The van der Waals surface area contributed by atoms with Crippen LogP contribution in [-0.2, 0) is 19.1 Å². The number of likely N-dealkylation sites (N-methyl/N-ethyl adjacent to an activating group) is 1. The second kappa shape index (κ2) is 5.28. The quantitative estimate of drug-likeness (QED) is 0.869. The maximum Gasteiger partial charge on any atom is 0.416 e. The molecule has 1 aliphatic rings. The van der Waals surface area contributed by atoms with E-state index in [-0.39, 0.29) is 0 Å². The fourth-order valence-corrected chi connectivity index (χ4v) is 2.22. The first kappa shape index (κ1) is 13.4. The monoisotopic (exact) mass is 258 g/mol. The first-order valence-electron chi connectivity index (χ1n) is 6.14. The summed E-state index contributed by atoms with van der Waals surface area (Å²) in [6, 6.07) is 4.34. The van der Waals surface area contributed by atoms with Gasteiger partial charge in [-0.05, 0) is 36.2 Å². The van der Waals surface area contributed by atoms with Gasteiger partial charge < -0.3 is 10.6 Å². The second-order valence-corrected chi connectivity index (χ2v) is 4.57. The van der Waals surface area contributed by atoms with E-state index in [1.54, 1.807) is 6.07 Å². The number of nitrogens with one attached hydrogen (secondary N) is 2. The van der Waals surface area contributed by atoms with Crippen LogP contribution in [0, 0.1) is 0 Å².